The van der Waals surface area contributed by atoms with Crippen molar-refractivity contribution in [1.82, 2.24) is 0 Å². The van der Waals surface area contributed by atoms with Crippen molar-refractivity contribution in [3.8, 4) is 0 Å². The minimum atomic E-state index is -3.46. The lowest BCUT2D eigenvalue weighted by molar-refractivity contribution is 0.102. The highest BCUT2D eigenvalue weighted by molar-refractivity contribution is 7.91. The number of amides is 1. The minimum absolute atomic E-state index is 0.0285. The Kier molecular flexibility index (Phi) is 5.21. The van der Waals surface area contributed by atoms with E-state index in [9.17, 15) is 13.2 Å². The molecule has 4 nitrogen and oxygen atoms in total. The van der Waals surface area contributed by atoms with Crippen LogP contribution >= 0.6 is 0 Å². The molecule has 0 unspecified atom stereocenters. The molecule has 5 heteroatoms. The van der Waals surface area contributed by atoms with E-state index in [1.165, 1.54) is 6.07 Å². The van der Waals surface area contributed by atoms with Crippen molar-refractivity contribution >= 4 is 21.4 Å². The predicted octanol–water partition coefficient (Wildman–Crippen LogP) is 3.74. The molecular weight excluding hydrogens is 310 g/mol. The molecule has 0 aliphatic carbocycles. The van der Waals surface area contributed by atoms with Crippen molar-refractivity contribution in [2.24, 2.45) is 0 Å². The van der Waals surface area contributed by atoms with Crippen LogP contribution in [0.4, 0.5) is 5.69 Å². The average molecular weight is 331 g/mol. The Balaban J connectivity index is 2.42. The third kappa shape index (κ3) is 3.79. The summed E-state index contributed by atoms with van der Waals surface area (Å²) in [6.45, 7) is 5.61. The van der Waals surface area contributed by atoms with E-state index in [0.29, 0.717) is 6.42 Å². The van der Waals surface area contributed by atoms with Crippen molar-refractivity contribution in [3.05, 3.63) is 59.2 Å². The fourth-order valence-electron chi connectivity index (χ4n) is 2.50. The standard InChI is InChI=1S/C18H21NO3S/c1-4-12-23(21,22)16-11-6-5-10-15(16)18(20)19-17-13(2)8-7-9-14(17)3/h5-11H,4,12H2,1-3H3,(H,19,20). The van der Waals surface area contributed by atoms with Crippen LogP contribution in [0.1, 0.15) is 34.8 Å². The Labute approximate surface area is 137 Å². The summed E-state index contributed by atoms with van der Waals surface area (Å²) in [5, 5.41) is 2.85. The first-order chi connectivity index (χ1) is 10.9. The van der Waals surface area contributed by atoms with Crippen LogP contribution in [-0.4, -0.2) is 20.1 Å². The topological polar surface area (TPSA) is 63.2 Å². The number of rotatable bonds is 5. The quantitative estimate of drug-likeness (QED) is 0.908. The van der Waals surface area contributed by atoms with Crippen LogP contribution in [0.2, 0.25) is 0 Å². The molecule has 0 aliphatic heterocycles. The molecule has 0 radical (unpaired) electrons. The number of sulfone groups is 1. The molecule has 23 heavy (non-hydrogen) atoms. The second-order valence-corrected chi connectivity index (χ2v) is 7.61. The first-order valence-corrected chi connectivity index (χ1v) is 9.21. The van der Waals surface area contributed by atoms with Gasteiger partial charge in [0.2, 0.25) is 0 Å². The summed E-state index contributed by atoms with van der Waals surface area (Å²) in [4.78, 5) is 12.7. The van der Waals surface area contributed by atoms with Crippen molar-refractivity contribution in [2.75, 3.05) is 11.1 Å². The molecule has 0 bridgehead atoms. The predicted molar refractivity (Wildman–Crippen MR) is 92.7 cm³/mol. The number of carbonyl (C=O) groups is 1. The first kappa shape index (κ1) is 17.2. The van der Waals surface area contributed by atoms with E-state index in [1.807, 2.05) is 32.0 Å². The molecule has 2 aromatic rings. The largest absolute Gasteiger partial charge is 0.321 e. The van der Waals surface area contributed by atoms with Gasteiger partial charge in [0.15, 0.2) is 9.84 Å². The fourth-order valence-corrected chi connectivity index (χ4v) is 4.04. The Morgan fingerprint density at radius 1 is 1.00 bits per heavy atom. The summed E-state index contributed by atoms with van der Waals surface area (Å²) in [6.07, 6.45) is 0.509. The maximum absolute atomic E-state index is 12.6. The van der Waals surface area contributed by atoms with Crippen LogP contribution in [0.15, 0.2) is 47.4 Å². The number of para-hydroxylation sites is 1. The van der Waals surface area contributed by atoms with Crippen LogP contribution < -0.4 is 5.32 Å². The lowest BCUT2D eigenvalue weighted by Gasteiger charge is -2.13. The van der Waals surface area contributed by atoms with Gasteiger partial charge in [0.25, 0.3) is 5.91 Å². The van der Waals surface area contributed by atoms with Crippen LogP contribution in [0.5, 0.6) is 0 Å². The van der Waals surface area contributed by atoms with E-state index >= 15 is 0 Å². The van der Waals surface area contributed by atoms with Crippen LogP contribution in [0.3, 0.4) is 0 Å². The maximum atomic E-state index is 12.6. The minimum Gasteiger partial charge on any atom is -0.321 e. The molecule has 0 spiro atoms. The Hall–Kier alpha value is -2.14. The molecule has 0 aromatic heterocycles. The molecular formula is C18H21NO3S. The summed E-state index contributed by atoms with van der Waals surface area (Å²) >= 11 is 0. The molecule has 0 saturated carbocycles. The Morgan fingerprint density at radius 2 is 1.61 bits per heavy atom. The number of aryl methyl sites for hydroxylation is 2. The van der Waals surface area contributed by atoms with E-state index in [-0.39, 0.29) is 16.2 Å². The van der Waals surface area contributed by atoms with Gasteiger partial charge in [0.05, 0.1) is 16.2 Å². The van der Waals surface area contributed by atoms with Crippen molar-refractivity contribution in [1.29, 1.82) is 0 Å². The second-order valence-electron chi connectivity index (χ2n) is 5.54. The number of benzene rings is 2. The van der Waals surface area contributed by atoms with Gasteiger partial charge in [-0.2, -0.15) is 0 Å². The monoisotopic (exact) mass is 331 g/mol. The van der Waals surface area contributed by atoms with E-state index < -0.39 is 15.7 Å². The Morgan fingerprint density at radius 3 is 2.22 bits per heavy atom. The molecule has 2 aromatic carbocycles. The molecule has 1 amide bonds. The van der Waals surface area contributed by atoms with E-state index in [0.717, 1.165) is 16.8 Å². The zero-order valence-electron chi connectivity index (χ0n) is 13.6. The molecule has 0 heterocycles. The van der Waals surface area contributed by atoms with Gasteiger partial charge in [-0.05, 0) is 43.5 Å². The highest BCUT2D eigenvalue weighted by atomic mass is 32.2. The van der Waals surface area contributed by atoms with Gasteiger partial charge >= 0.3 is 0 Å². The molecule has 0 saturated heterocycles. The van der Waals surface area contributed by atoms with E-state index in [4.69, 9.17) is 0 Å². The molecule has 0 fully saturated rings. The lowest BCUT2D eigenvalue weighted by atomic mass is 10.1. The first-order valence-electron chi connectivity index (χ1n) is 7.56. The van der Waals surface area contributed by atoms with Gasteiger partial charge in [-0.3, -0.25) is 4.79 Å². The summed E-state index contributed by atoms with van der Waals surface area (Å²) in [5.41, 5.74) is 2.78. The zero-order valence-corrected chi connectivity index (χ0v) is 14.4. The summed E-state index contributed by atoms with van der Waals surface area (Å²) in [7, 11) is -3.46. The van der Waals surface area contributed by atoms with Crippen LogP contribution in [0, 0.1) is 13.8 Å². The summed E-state index contributed by atoms with van der Waals surface area (Å²) in [6, 6.07) is 12.1. The molecule has 122 valence electrons. The number of hydrogen-bond donors (Lipinski definition) is 1. The summed E-state index contributed by atoms with van der Waals surface area (Å²) < 4.78 is 24.7. The SMILES string of the molecule is CCCS(=O)(=O)c1ccccc1C(=O)Nc1c(C)cccc1C. The Bertz CT molecular complexity index is 806. The van der Waals surface area contributed by atoms with Gasteiger partial charge in [-0.25, -0.2) is 8.42 Å². The number of carbonyl (C=O) groups excluding carboxylic acids is 1. The van der Waals surface area contributed by atoms with Gasteiger partial charge in [-0.15, -0.1) is 0 Å². The van der Waals surface area contributed by atoms with E-state index in [1.54, 1.807) is 25.1 Å². The maximum Gasteiger partial charge on any atom is 0.257 e. The number of anilines is 1. The van der Waals surface area contributed by atoms with Gasteiger partial charge in [-0.1, -0.05) is 37.3 Å². The third-order valence-electron chi connectivity index (χ3n) is 3.66. The van der Waals surface area contributed by atoms with Gasteiger partial charge < -0.3 is 5.32 Å². The second kappa shape index (κ2) is 6.96. The van der Waals surface area contributed by atoms with E-state index in [2.05, 4.69) is 5.32 Å². The number of hydrogen-bond acceptors (Lipinski definition) is 3. The zero-order chi connectivity index (χ0) is 17.0. The van der Waals surface area contributed by atoms with Crippen LogP contribution in [0.25, 0.3) is 0 Å². The van der Waals surface area contributed by atoms with Crippen molar-refractivity contribution < 1.29 is 13.2 Å². The van der Waals surface area contributed by atoms with Gasteiger partial charge in [0, 0.05) is 5.69 Å². The van der Waals surface area contributed by atoms with Crippen molar-refractivity contribution in [3.63, 3.8) is 0 Å². The molecule has 2 rings (SSSR count). The average Bonchev–Trinajstić information content (AvgIpc) is 2.51. The summed E-state index contributed by atoms with van der Waals surface area (Å²) in [5.74, 6) is -0.376. The van der Waals surface area contributed by atoms with Gasteiger partial charge in [0.1, 0.15) is 0 Å². The van der Waals surface area contributed by atoms with Crippen molar-refractivity contribution in [2.45, 2.75) is 32.1 Å². The fraction of sp³-hybridized carbons (Fsp3) is 0.278. The highest BCUT2D eigenvalue weighted by Gasteiger charge is 2.22. The number of nitrogens with one attached hydrogen (secondary N) is 1. The molecule has 0 atom stereocenters. The molecule has 1 N–H and O–H groups in total. The molecule has 0 aliphatic rings. The normalized spacial score (nSPS) is 11.3. The third-order valence-corrected chi connectivity index (χ3v) is 5.63. The lowest BCUT2D eigenvalue weighted by Crippen LogP contribution is -2.18. The smallest absolute Gasteiger partial charge is 0.257 e. The highest BCUT2D eigenvalue weighted by Crippen LogP contribution is 2.23. The van der Waals surface area contributed by atoms with Crippen LogP contribution in [-0.2, 0) is 9.84 Å².